The molecule has 0 saturated carbocycles. The Morgan fingerprint density at radius 1 is 1.44 bits per heavy atom. The summed E-state index contributed by atoms with van der Waals surface area (Å²) in [6.07, 6.45) is 1.63. The molecule has 0 radical (unpaired) electrons. The molecule has 0 unspecified atom stereocenters. The third-order valence-corrected chi connectivity index (χ3v) is 3.62. The van der Waals surface area contributed by atoms with Crippen LogP contribution >= 0.6 is 0 Å². The Hall–Kier alpha value is -1.55. The van der Waals surface area contributed by atoms with Gasteiger partial charge in [0.15, 0.2) is 0 Å². The number of benzene rings is 1. The van der Waals surface area contributed by atoms with Crippen LogP contribution in [0.4, 0.5) is 0 Å². The van der Waals surface area contributed by atoms with Crippen molar-refractivity contribution in [2.24, 2.45) is 0 Å². The van der Waals surface area contributed by atoms with Crippen LogP contribution in [0.1, 0.15) is 24.8 Å². The number of carbonyl (C=O) groups is 1. The van der Waals surface area contributed by atoms with Crippen LogP contribution in [0.25, 0.3) is 0 Å². The molecule has 2 rings (SSSR count). The second kappa shape index (κ2) is 5.40. The van der Waals surface area contributed by atoms with Gasteiger partial charge in [-0.2, -0.15) is 0 Å². The highest BCUT2D eigenvalue weighted by molar-refractivity contribution is 5.69. The van der Waals surface area contributed by atoms with Crippen LogP contribution in [0.5, 0.6) is 5.75 Å². The highest BCUT2D eigenvalue weighted by Gasteiger charge is 2.36. The Bertz CT molecular complexity index is 422. The van der Waals surface area contributed by atoms with Gasteiger partial charge in [0.2, 0.25) is 0 Å². The van der Waals surface area contributed by atoms with Gasteiger partial charge in [-0.15, -0.1) is 0 Å². The summed E-state index contributed by atoms with van der Waals surface area (Å²) in [5.74, 6) is 0.00322. The molecular weight excluding hydrogens is 232 g/mol. The zero-order valence-corrected chi connectivity index (χ0v) is 10.5. The highest BCUT2D eigenvalue weighted by atomic mass is 16.5. The van der Waals surface area contributed by atoms with Crippen molar-refractivity contribution in [3.63, 3.8) is 0 Å². The van der Waals surface area contributed by atoms with Crippen LogP contribution in [0, 0.1) is 0 Å². The molecule has 1 fully saturated rings. The van der Waals surface area contributed by atoms with Crippen molar-refractivity contribution in [3.8, 4) is 5.75 Å². The SMILES string of the molecule is COc1cccc(C2(CC(=O)O)CCOCC2)c1. The average Bonchev–Trinajstić information content (AvgIpc) is 2.39. The van der Waals surface area contributed by atoms with E-state index >= 15 is 0 Å². The number of aliphatic carboxylic acids is 1. The van der Waals surface area contributed by atoms with Gasteiger partial charge in [0.25, 0.3) is 0 Å². The van der Waals surface area contributed by atoms with Crippen molar-refractivity contribution < 1.29 is 19.4 Å². The van der Waals surface area contributed by atoms with E-state index in [1.807, 2.05) is 24.3 Å². The second-order valence-electron chi connectivity index (χ2n) is 4.70. The minimum atomic E-state index is -0.764. The number of hydrogen-bond acceptors (Lipinski definition) is 3. The van der Waals surface area contributed by atoms with E-state index < -0.39 is 5.97 Å². The van der Waals surface area contributed by atoms with Crippen molar-refractivity contribution in [1.82, 2.24) is 0 Å². The first-order chi connectivity index (χ1) is 8.66. The molecule has 0 spiro atoms. The lowest BCUT2D eigenvalue weighted by Gasteiger charge is -2.36. The molecule has 0 amide bonds. The minimum absolute atomic E-state index is 0.142. The van der Waals surface area contributed by atoms with Crippen LogP contribution in [-0.2, 0) is 14.9 Å². The molecule has 98 valence electrons. The fourth-order valence-electron chi connectivity index (χ4n) is 2.57. The normalized spacial score (nSPS) is 18.3. The molecule has 1 heterocycles. The average molecular weight is 250 g/mol. The van der Waals surface area contributed by atoms with Gasteiger partial charge >= 0.3 is 5.97 Å². The maximum Gasteiger partial charge on any atom is 0.304 e. The van der Waals surface area contributed by atoms with Crippen molar-refractivity contribution in [2.45, 2.75) is 24.7 Å². The van der Waals surface area contributed by atoms with Crippen molar-refractivity contribution in [1.29, 1.82) is 0 Å². The Labute approximate surface area is 107 Å². The van der Waals surface area contributed by atoms with E-state index in [0.29, 0.717) is 13.2 Å². The van der Waals surface area contributed by atoms with E-state index in [1.54, 1.807) is 7.11 Å². The Kier molecular flexibility index (Phi) is 3.87. The second-order valence-corrected chi connectivity index (χ2v) is 4.70. The standard InChI is InChI=1S/C14H18O4/c1-17-12-4-2-3-11(9-12)14(10-13(15)16)5-7-18-8-6-14/h2-4,9H,5-8,10H2,1H3,(H,15,16). The van der Waals surface area contributed by atoms with E-state index in [1.165, 1.54) is 0 Å². The zero-order chi connectivity index (χ0) is 13.0. The summed E-state index contributed by atoms with van der Waals surface area (Å²) in [4.78, 5) is 11.1. The molecule has 0 bridgehead atoms. The molecule has 1 aliphatic heterocycles. The summed E-state index contributed by atoms with van der Waals surface area (Å²) < 4.78 is 10.6. The first-order valence-corrected chi connectivity index (χ1v) is 6.10. The number of methoxy groups -OCH3 is 1. The quantitative estimate of drug-likeness (QED) is 0.890. The first kappa shape index (κ1) is 12.9. The van der Waals surface area contributed by atoms with Crippen LogP contribution in [0.15, 0.2) is 24.3 Å². The highest BCUT2D eigenvalue weighted by Crippen LogP contribution is 2.39. The molecule has 18 heavy (non-hydrogen) atoms. The largest absolute Gasteiger partial charge is 0.497 e. The molecule has 0 aliphatic carbocycles. The monoisotopic (exact) mass is 250 g/mol. The molecule has 1 aromatic rings. The van der Waals surface area contributed by atoms with Gasteiger partial charge in [-0.25, -0.2) is 0 Å². The number of carboxylic acid groups (broad SMARTS) is 1. The van der Waals surface area contributed by atoms with E-state index in [-0.39, 0.29) is 11.8 Å². The summed E-state index contributed by atoms with van der Waals surface area (Å²) in [7, 11) is 1.62. The van der Waals surface area contributed by atoms with Crippen molar-refractivity contribution >= 4 is 5.97 Å². The third-order valence-electron chi connectivity index (χ3n) is 3.62. The Morgan fingerprint density at radius 3 is 2.78 bits per heavy atom. The van der Waals surface area contributed by atoms with Gasteiger partial charge < -0.3 is 14.6 Å². The molecule has 0 atom stereocenters. The van der Waals surface area contributed by atoms with Crippen LogP contribution in [0.3, 0.4) is 0 Å². The lowest BCUT2D eigenvalue weighted by molar-refractivity contribution is -0.139. The van der Waals surface area contributed by atoms with Crippen LogP contribution in [-0.4, -0.2) is 31.4 Å². The third kappa shape index (κ3) is 2.64. The first-order valence-electron chi connectivity index (χ1n) is 6.10. The lowest BCUT2D eigenvalue weighted by Crippen LogP contribution is -2.36. The lowest BCUT2D eigenvalue weighted by atomic mass is 9.72. The molecule has 4 nitrogen and oxygen atoms in total. The van der Waals surface area contributed by atoms with Crippen LogP contribution in [0.2, 0.25) is 0 Å². The predicted octanol–water partition coefficient (Wildman–Crippen LogP) is 2.22. The van der Waals surface area contributed by atoms with Gasteiger partial charge in [0, 0.05) is 18.6 Å². The van der Waals surface area contributed by atoms with Gasteiger partial charge in [-0.3, -0.25) is 4.79 Å². The summed E-state index contributed by atoms with van der Waals surface area (Å²) >= 11 is 0. The fraction of sp³-hybridized carbons (Fsp3) is 0.500. The molecule has 1 aromatic carbocycles. The summed E-state index contributed by atoms with van der Waals surface area (Å²) in [6, 6.07) is 7.70. The maximum atomic E-state index is 11.1. The van der Waals surface area contributed by atoms with Gasteiger partial charge in [-0.05, 0) is 30.5 Å². The van der Waals surface area contributed by atoms with E-state index in [0.717, 1.165) is 24.2 Å². The van der Waals surface area contributed by atoms with Crippen molar-refractivity contribution in [3.05, 3.63) is 29.8 Å². The molecule has 1 saturated heterocycles. The molecule has 0 aromatic heterocycles. The Balaban J connectivity index is 2.34. The number of ether oxygens (including phenoxy) is 2. The minimum Gasteiger partial charge on any atom is -0.497 e. The van der Waals surface area contributed by atoms with Gasteiger partial charge in [-0.1, -0.05) is 12.1 Å². The fourth-order valence-corrected chi connectivity index (χ4v) is 2.57. The summed E-state index contributed by atoms with van der Waals surface area (Å²) in [5.41, 5.74) is 0.714. The summed E-state index contributed by atoms with van der Waals surface area (Å²) in [5, 5.41) is 9.15. The Morgan fingerprint density at radius 2 is 2.17 bits per heavy atom. The number of rotatable bonds is 4. The smallest absolute Gasteiger partial charge is 0.304 e. The van der Waals surface area contributed by atoms with E-state index in [9.17, 15) is 4.79 Å². The summed E-state index contributed by atoms with van der Waals surface area (Å²) in [6.45, 7) is 1.23. The van der Waals surface area contributed by atoms with E-state index in [2.05, 4.69) is 0 Å². The number of hydrogen-bond donors (Lipinski definition) is 1. The molecule has 1 aliphatic rings. The van der Waals surface area contributed by atoms with Crippen LogP contribution < -0.4 is 4.74 Å². The zero-order valence-electron chi connectivity index (χ0n) is 10.5. The van der Waals surface area contributed by atoms with Crippen molar-refractivity contribution in [2.75, 3.05) is 20.3 Å². The van der Waals surface area contributed by atoms with Gasteiger partial charge in [0.1, 0.15) is 5.75 Å². The van der Waals surface area contributed by atoms with Gasteiger partial charge in [0.05, 0.1) is 13.5 Å². The maximum absolute atomic E-state index is 11.1. The molecule has 4 heteroatoms. The molecular formula is C14H18O4. The van der Waals surface area contributed by atoms with E-state index in [4.69, 9.17) is 14.6 Å². The number of carboxylic acids is 1. The topological polar surface area (TPSA) is 55.8 Å². The molecule has 1 N–H and O–H groups in total. The predicted molar refractivity (Wildman–Crippen MR) is 67.0 cm³/mol.